The molecule has 12 heavy (non-hydrogen) atoms. The van der Waals surface area contributed by atoms with Gasteiger partial charge < -0.3 is 10.8 Å². The summed E-state index contributed by atoms with van der Waals surface area (Å²) in [6.07, 6.45) is 0.227. The van der Waals surface area contributed by atoms with Crippen LogP contribution in [0.5, 0.6) is 0 Å². The molecule has 0 fully saturated rings. The third-order valence-corrected chi connectivity index (χ3v) is 1.62. The van der Waals surface area contributed by atoms with Crippen LogP contribution in [0.4, 0.5) is 0 Å². The predicted molar refractivity (Wildman–Crippen MR) is 52.3 cm³/mol. The van der Waals surface area contributed by atoms with Gasteiger partial charge in [-0.05, 0) is 18.5 Å². The summed E-state index contributed by atoms with van der Waals surface area (Å²) >= 11 is 0. The predicted octanol–water partition coefficient (Wildman–Crippen LogP) is 1.49. The summed E-state index contributed by atoms with van der Waals surface area (Å²) in [7, 11) is 0. The average molecular weight is 188 g/mol. The van der Waals surface area contributed by atoms with E-state index in [0.717, 1.165) is 5.56 Å². The Morgan fingerprint density at radius 1 is 1.25 bits per heavy atom. The first kappa shape index (κ1) is 11.4. The number of nitrogens with two attached hydrogens (primary N) is 1. The van der Waals surface area contributed by atoms with Gasteiger partial charge in [0.25, 0.3) is 0 Å². The molecule has 0 heterocycles. The fourth-order valence-corrected chi connectivity index (χ4v) is 1.000. The lowest BCUT2D eigenvalue weighted by atomic mass is 10.1. The van der Waals surface area contributed by atoms with Crippen molar-refractivity contribution in [2.24, 2.45) is 5.73 Å². The van der Waals surface area contributed by atoms with Gasteiger partial charge in [-0.3, -0.25) is 0 Å². The number of benzene rings is 1. The third-order valence-electron chi connectivity index (χ3n) is 1.62. The molecule has 1 aromatic carbocycles. The first-order valence-corrected chi connectivity index (χ1v) is 3.77. The molecule has 0 radical (unpaired) electrons. The van der Waals surface area contributed by atoms with Gasteiger partial charge in [0.2, 0.25) is 0 Å². The van der Waals surface area contributed by atoms with Crippen molar-refractivity contribution in [2.45, 2.75) is 12.5 Å². The van der Waals surface area contributed by atoms with Gasteiger partial charge in [-0.2, -0.15) is 0 Å². The minimum absolute atomic E-state index is 0. The van der Waals surface area contributed by atoms with Crippen LogP contribution in [0.3, 0.4) is 0 Å². The molecule has 0 saturated heterocycles. The highest BCUT2D eigenvalue weighted by molar-refractivity contribution is 5.85. The zero-order valence-corrected chi connectivity index (χ0v) is 7.63. The van der Waals surface area contributed by atoms with Gasteiger partial charge in [0.1, 0.15) is 0 Å². The van der Waals surface area contributed by atoms with E-state index in [-0.39, 0.29) is 12.4 Å². The summed E-state index contributed by atoms with van der Waals surface area (Å²) in [6, 6.07) is 9.56. The van der Waals surface area contributed by atoms with Crippen molar-refractivity contribution in [3.63, 3.8) is 0 Å². The van der Waals surface area contributed by atoms with Gasteiger partial charge >= 0.3 is 0 Å². The summed E-state index contributed by atoms with van der Waals surface area (Å²) in [5.41, 5.74) is 6.25. The lowest BCUT2D eigenvalue weighted by molar-refractivity contribution is 0.170. The van der Waals surface area contributed by atoms with Gasteiger partial charge in [0.05, 0.1) is 6.10 Å². The second-order valence-corrected chi connectivity index (χ2v) is 2.50. The van der Waals surface area contributed by atoms with Crippen molar-refractivity contribution in [2.75, 3.05) is 6.54 Å². The normalized spacial score (nSPS) is 11.8. The van der Waals surface area contributed by atoms with Crippen LogP contribution in [0, 0.1) is 0 Å². The van der Waals surface area contributed by atoms with Gasteiger partial charge in [0, 0.05) is 0 Å². The molecular formula is C9H14ClNO. The van der Waals surface area contributed by atoms with Crippen molar-refractivity contribution in [1.29, 1.82) is 0 Å². The van der Waals surface area contributed by atoms with E-state index < -0.39 is 6.10 Å². The number of aliphatic hydroxyl groups is 1. The smallest absolute Gasteiger partial charge is 0.0802 e. The minimum Gasteiger partial charge on any atom is -0.388 e. The van der Waals surface area contributed by atoms with Crippen molar-refractivity contribution in [1.82, 2.24) is 0 Å². The van der Waals surface area contributed by atoms with Gasteiger partial charge in [0.15, 0.2) is 0 Å². The van der Waals surface area contributed by atoms with Crippen molar-refractivity contribution in [3.8, 4) is 0 Å². The maximum Gasteiger partial charge on any atom is 0.0802 e. The lowest BCUT2D eigenvalue weighted by Crippen LogP contribution is -2.06. The summed E-state index contributed by atoms with van der Waals surface area (Å²) in [5.74, 6) is 0. The second-order valence-electron chi connectivity index (χ2n) is 2.50. The largest absolute Gasteiger partial charge is 0.388 e. The number of hydrogen-bond donors (Lipinski definition) is 2. The minimum atomic E-state index is -0.402. The molecule has 0 aliphatic carbocycles. The summed E-state index contributed by atoms with van der Waals surface area (Å²) < 4.78 is 0. The zero-order valence-electron chi connectivity index (χ0n) is 6.81. The molecule has 0 aliphatic rings. The van der Waals surface area contributed by atoms with Crippen molar-refractivity contribution < 1.29 is 5.11 Å². The van der Waals surface area contributed by atoms with Crippen LogP contribution in [0.15, 0.2) is 30.3 Å². The SMILES string of the molecule is Cl.NCCC(O)c1ccccc1. The van der Waals surface area contributed by atoms with Crippen LogP contribution in [-0.4, -0.2) is 11.7 Å². The van der Waals surface area contributed by atoms with E-state index in [9.17, 15) is 5.11 Å². The van der Waals surface area contributed by atoms with E-state index in [2.05, 4.69) is 0 Å². The molecule has 1 aromatic rings. The topological polar surface area (TPSA) is 46.2 Å². The van der Waals surface area contributed by atoms with Crippen LogP contribution in [-0.2, 0) is 0 Å². The molecule has 0 spiro atoms. The van der Waals surface area contributed by atoms with Crippen LogP contribution in [0.25, 0.3) is 0 Å². The van der Waals surface area contributed by atoms with E-state index in [1.54, 1.807) is 0 Å². The molecule has 1 rings (SSSR count). The van der Waals surface area contributed by atoms with Gasteiger partial charge in [-0.25, -0.2) is 0 Å². The standard InChI is InChI=1S/C9H13NO.ClH/c10-7-6-9(11)8-4-2-1-3-5-8;/h1-5,9,11H,6-7,10H2;1H. The van der Waals surface area contributed by atoms with Crippen LogP contribution in [0.2, 0.25) is 0 Å². The van der Waals surface area contributed by atoms with E-state index in [4.69, 9.17) is 5.73 Å². The Kier molecular flexibility index (Phi) is 5.72. The highest BCUT2D eigenvalue weighted by Gasteiger charge is 2.03. The molecule has 3 heteroatoms. The zero-order chi connectivity index (χ0) is 8.10. The molecular weight excluding hydrogens is 174 g/mol. The Balaban J connectivity index is 0.00000121. The number of hydrogen-bond acceptors (Lipinski definition) is 2. The van der Waals surface area contributed by atoms with Crippen molar-refractivity contribution in [3.05, 3.63) is 35.9 Å². The Morgan fingerprint density at radius 3 is 2.33 bits per heavy atom. The van der Waals surface area contributed by atoms with E-state index in [1.807, 2.05) is 30.3 Å². The van der Waals surface area contributed by atoms with E-state index in [0.29, 0.717) is 13.0 Å². The molecule has 1 atom stereocenters. The maximum atomic E-state index is 9.44. The quantitative estimate of drug-likeness (QED) is 0.753. The molecule has 2 nitrogen and oxygen atoms in total. The van der Waals surface area contributed by atoms with E-state index >= 15 is 0 Å². The number of aliphatic hydroxyl groups excluding tert-OH is 1. The Hall–Kier alpha value is -0.570. The average Bonchev–Trinajstić information content (AvgIpc) is 2.07. The number of halogens is 1. The monoisotopic (exact) mass is 187 g/mol. The second kappa shape index (κ2) is 6.00. The van der Waals surface area contributed by atoms with Crippen LogP contribution >= 0.6 is 12.4 Å². The Morgan fingerprint density at radius 2 is 1.83 bits per heavy atom. The van der Waals surface area contributed by atoms with Gasteiger partial charge in [-0.1, -0.05) is 30.3 Å². The molecule has 0 aromatic heterocycles. The first-order valence-electron chi connectivity index (χ1n) is 3.77. The highest BCUT2D eigenvalue weighted by atomic mass is 35.5. The Bertz CT molecular complexity index is 203. The highest BCUT2D eigenvalue weighted by Crippen LogP contribution is 2.14. The summed E-state index contributed by atoms with van der Waals surface area (Å²) in [6.45, 7) is 0.524. The molecule has 1 unspecified atom stereocenters. The summed E-state index contributed by atoms with van der Waals surface area (Å²) in [4.78, 5) is 0. The van der Waals surface area contributed by atoms with E-state index in [1.165, 1.54) is 0 Å². The lowest BCUT2D eigenvalue weighted by Gasteiger charge is -2.07. The van der Waals surface area contributed by atoms with Gasteiger partial charge in [-0.15, -0.1) is 12.4 Å². The maximum absolute atomic E-state index is 9.44. The number of rotatable bonds is 3. The van der Waals surface area contributed by atoms with Crippen molar-refractivity contribution >= 4 is 12.4 Å². The van der Waals surface area contributed by atoms with Crippen LogP contribution in [0.1, 0.15) is 18.1 Å². The molecule has 0 bridgehead atoms. The molecule has 3 N–H and O–H groups in total. The fourth-order valence-electron chi connectivity index (χ4n) is 1.000. The first-order chi connectivity index (χ1) is 5.34. The molecule has 0 aliphatic heterocycles. The molecule has 68 valence electrons. The Labute approximate surface area is 78.8 Å². The molecule has 0 saturated carbocycles. The fraction of sp³-hybridized carbons (Fsp3) is 0.333. The summed E-state index contributed by atoms with van der Waals surface area (Å²) in [5, 5.41) is 9.44. The third kappa shape index (κ3) is 3.22. The molecule has 0 amide bonds. The van der Waals surface area contributed by atoms with Crippen LogP contribution < -0.4 is 5.73 Å².